The number of para-hydroxylation sites is 1. The Morgan fingerprint density at radius 3 is 2.50 bits per heavy atom. The monoisotopic (exact) mass is 461 g/mol. The second-order valence-electron chi connectivity index (χ2n) is 6.76. The fraction of sp³-hybridized carbons (Fsp3) is 0.200. The molecule has 1 atom stereocenters. The molecule has 0 spiro atoms. The number of nitro benzene ring substituents is 1. The number of benzene rings is 2. The second kappa shape index (κ2) is 8.11. The minimum atomic E-state index is -4.86. The maximum absolute atomic E-state index is 13.8. The molecule has 1 unspecified atom stereocenters. The average molecular weight is 461 g/mol. The molecular formula is C20H14F3N5O3S. The van der Waals surface area contributed by atoms with Crippen LogP contribution < -0.4 is 5.01 Å². The van der Waals surface area contributed by atoms with Gasteiger partial charge in [0.25, 0.3) is 11.6 Å². The Morgan fingerprint density at radius 2 is 1.91 bits per heavy atom. The van der Waals surface area contributed by atoms with Gasteiger partial charge in [-0.1, -0.05) is 30.4 Å². The number of rotatable bonds is 5. The van der Waals surface area contributed by atoms with Crippen LogP contribution in [0.4, 0.5) is 29.7 Å². The molecule has 0 N–H and O–H groups in total. The first-order chi connectivity index (χ1) is 15.2. The lowest BCUT2D eigenvalue weighted by Crippen LogP contribution is -2.38. The molecule has 1 aromatic heterocycles. The molecule has 0 radical (unpaired) electrons. The lowest BCUT2D eigenvalue weighted by Gasteiger charge is -2.15. The van der Waals surface area contributed by atoms with Crippen molar-refractivity contribution in [2.45, 2.75) is 19.5 Å². The van der Waals surface area contributed by atoms with Crippen LogP contribution in [-0.2, 0) is 4.79 Å². The lowest BCUT2D eigenvalue weighted by atomic mass is 9.95. The molecule has 8 nitrogen and oxygen atoms in total. The smallest absolute Gasteiger partial charge is 0.271 e. The number of carbonyl (C=O) groups excluding carboxylic acids is 1. The number of halogens is 3. The maximum Gasteiger partial charge on any atom is 0.432 e. The Morgan fingerprint density at radius 1 is 1.22 bits per heavy atom. The van der Waals surface area contributed by atoms with Crippen LogP contribution in [0.5, 0.6) is 0 Å². The number of alkyl halides is 3. The van der Waals surface area contributed by atoms with E-state index in [1.54, 1.807) is 31.2 Å². The summed E-state index contributed by atoms with van der Waals surface area (Å²) in [6.07, 6.45) is -4.83. The van der Waals surface area contributed by atoms with Crippen molar-refractivity contribution in [3.8, 4) is 0 Å². The first-order valence-corrected chi connectivity index (χ1v) is 10.2. The van der Waals surface area contributed by atoms with Crippen LogP contribution in [0.25, 0.3) is 10.2 Å². The third kappa shape index (κ3) is 3.96. The van der Waals surface area contributed by atoms with E-state index >= 15 is 0 Å². The number of thiazole rings is 1. The molecule has 1 aliphatic rings. The van der Waals surface area contributed by atoms with E-state index in [4.69, 9.17) is 0 Å². The van der Waals surface area contributed by atoms with Crippen molar-refractivity contribution in [3.63, 3.8) is 0 Å². The molecule has 0 fully saturated rings. The van der Waals surface area contributed by atoms with E-state index in [-0.39, 0.29) is 28.6 Å². The average Bonchev–Trinajstić information content (AvgIpc) is 3.33. The highest BCUT2D eigenvalue weighted by molar-refractivity contribution is 7.22. The lowest BCUT2D eigenvalue weighted by molar-refractivity contribution is -0.384. The van der Waals surface area contributed by atoms with Crippen LogP contribution in [0.2, 0.25) is 0 Å². The van der Waals surface area contributed by atoms with E-state index in [2.05, 4.69) is 15.1 Å². The number of hydrazone groups is 1. The molecule has 1 amide bonds. The number of fused-ring (bicyclic) bond motifs is 1. The van der Waals surface area contributed by atoms with Crippen molar-refractivity contribution in [2.24, 2.45) is 16.0 Å². The van der Waals surface area contributed by atoms with Gasteiger partial charge >= 0.3 is 6.18 Å². The summed E-state index contributed by atoms with van der Waals surface area (Å²) < 4.78 is 42.1. The number of aliphatic imine (C=N–C) groups is 1. The number of aromatic nitrogens is 1. The van der Waals surface area contributed by atoms with E-state index in [1.165, 1.54) is 24.3 Å². The summed E-state index contributed by atoms with van der Waals surface area (Å²) in [5, 5.41) is 15.1. The summed E-state index contributed by atoms with van der Waals surface area (Å²) >= 11 is 1.06. The minimum absolute atomic E-state index is 0.0336. The van der Waals surface area contributed by atoms with E-state index in [0.29, 0.717) is 15.2 Å². The molecule has 3 aromatic rings. The van der Waals surface area contributed by atoms with Crippen LogP contribution in [0.1, 0.15) is 13.3 Å². The number of nitrogens with zero attached hydrogens (tertiary/aromatic N) is 5. The zero-order valence-corrected chi connectivity index (χ0v) is 17.2. The van der Waals surface area contributed by atoms with Gasteiger partial charge < -0.3 is 0 Å². The minimum Gasteiger partial charge on any atom is -0.271 e. The molecule has 0 aliphatic carbocycles. The highest BCUT2D eigenvalue weighted by Gasteiger charge is 2.52. The van der Waals surface area contributed by atoms with Gasteiger partial charge in [0, 0.05) is 17.8 Å². The zero-order chi connectivity index (χ0) is 23.0. The molecular weight excluding hydrogens is 447 g/mol. The number of anilines is 1. The first-order valence-electron chi connectivity index (χ1n) is 9.36. The largest absolute Gasteiger partial charge is 0.432 e. The Hall–Kier alpha value is -3.67. The normalized spacial score (nSPS) is 17.2. The van der Waals surface area contributed by atoms with E-state index in [1.807, 2.05) is 0 Å². The number of hydrogen-bond acceptors (Lipinski definition) is 7. The molecule has 164 valence electrons. The highest BCUT2D eigenvalue weighted by Crippen LogP contribution is 2.37. The van der Waals surface area contributed by atoms with Crippen molar-refractivity contribution in [2.75, 3.05) is 5.01 Å². The van der Waals surface area contributed by atoms with Crippen molar-refractivity contribution in [1.29, 1.82) is 0 Å². The van der Waals surface area contributed by atoms with Crippen molar-refractivity contribution in [3.05, 3.63) is 58.6 Å². The van der Waals surface area contributed by atoms with Crippen LogP contribution in [-0.4, -0.2) is 33.4 Å². The number of non-ortho nitro benzene ring substituents is 1. The van der Waals surface area contributed by atoms with Gasteiger partial charge in [-0.05, 0) is 30.7 Å². The number of carbonyl (C=O) groups is 1. The Labute approximate surface area is 182 Å². The first kappa shape index (κ1) is 21.6. The number of nitro groups is 1. The Balaban J connectivity index is 1.74. The van der Waals surface area contributed by atoms with E-state index in [9.17, 15) is 28.1 Å². The van der Waals surface area contributed by atoms with Gasteiger partial charge in [-0.25, -0.2) is 4.98 Å². The van der Waals surface area contributed by atoms with E-state index in [0.717, 1.165) is 11.3 Å². The zero-order valence-electron chi connectivity index (χ0n) is 16.4. The van der Waals surface area contributed by atoms with Crippen LogP contribution >= 0.6 is 11.3 Å². The standard InChI is InChI=1S/C20H14F3N5O3S/c1-2-13(24-11-7-9-12(10-8-11)28(30)31)16-17(20(21,22)23)26-27(18(16)29)19-25-14-5-3-4-6-15(14)32-19/h3-10,16H,2H2,1H3. The van der Waals surface area contributed by atoms with Gasteiger partial charge in [-0.3, -0.25) is 19.9 Å². The molecule has 0 saturated heterocycles. The van der Waals surface area contributed by atoms with Crippen molar-refractivity contribution >= 4 is 55.4 Å². The van der Waals surface area contributed by atoms with E-state index < -0.39 is 28.6 Å². The van der Waals surface area contributed by atoms with Crippen molar-refractivity contribution in [1.82, 2.24) is 4.98 Å². The SMILES string of the molecule is CCC(=Nc1ccc([N+](=O)[O-])cc1)C1C(=O)N(c2nc3ccccc3s2)N=C1C(F)(F)F. The summed E-state index contributed by atoms with van der Waals surface area (Å²) in [6.45, 7) is 1.58. The molecule has 4 rings (SSSR count). The fourth-order valence-corrected chi connectivity index (χ4v) is 4.15. The number of amides is 1. The van der Waals surface area contributed by atoms with Gasteiger partial charge in [0.15, 0.2) is 5.71 Å². The molecule has 1 aliphatic heterocycles. The third-order valence-electron chi connectivity index (χ3n) is 4.72. The van der Waals surface area contributed by atoms with Gasteiger partial charge in [0.1, 0.15) is 5.92 Å². The summed E-state index contributed by atoms with van der Waals surface area (Å²) in [4.78, 5) is 31.7. The van der Waals surface area contributed by atoms with Crippen LogP contribution in [0, 0.1) is 16.0 Å². The molecule has 2 aromatic carbocycles. The predicted octanol–water partition coefficient (Wildman–Crippen LogP) is 5.27. The van der Waals surface area contributed by atoms with Gasteiger partial charge in [-0.15, -0.1) is 0 Å². The molecule has 12 heteroatoms. The molecule has 0 saturated carbocycles. The highest BCUT2D eigenvalue weighted by atomic mass is 32.1. The molecule has 32 heavy (non-hydrogen) atoms. The summed E-state index contributed by atoms with van der Waals surface area (Å²) in [5.41, 5.74) is -0.769. The Bertz CT molecular complexity index is 1230. The summed E-state index contributed by atoms with van der Waals surface area (Å²) in [5.74, 6) is -2.64. The second-order valence-corrected chi connectivity index (χ2v) is 7.77. The van der Waals surface area contributed by atoms with Crippen LogP contribution in [0.3, 0.4) is 0 Å². The summed E-state index contributed by atoms with van der Waals surface area (Å²) in [7, 11) is 0. The number of hydrogen-bond donors (Lipinski definition) is 0. The molecule has 0 bridgehead atoms. The Kier molecular flexibility index (Phi) is 5.46. The van der Waals surface area contributed by atoms with Gasteiger partial charge in [0.2, 0.25) is 5.13 Å². The summed E-state index contributed by atoms with van der Waals surface area (Å²) in [6, 6.07) is 11.9. The molecule has 2 heterocycles. The van der Waals surface area contributed by atoms with Crippen molar-refractivity contribution < 1.29 is 22.9 Å². The van der Waals surface area contributed by atoms with Crippen LogP contribution in [0.15, 0.2) is 58.6 Å². The van der Waals surface area contributed by atoms with Gasteiger partial charge in [0.05, 0.1) is 20.8 Å². The fourth-order valence-electron chi connectivity index (χ4n) is 3.22. The topological polar surface area (TPSA) is 101 Å². The predicted molar refractivity (Wildman–Crippen MR) is 115 cm³/mol. The quantitative estimate of drug-likeness (QED) is 0.294. The maximum atomic E-state index is 13.8. The third-order valence-corrected chi connectivity index (χ3v) is 5.73. The van der Waals surface area contributed by atoms with Gasteiger partial charge in [-0.2, -0.15) is 23.3 Å².